The van der Waals surface area contributed by atoms with E-state index in [0.29, 0.717) is 22.6 Å². The SMILES string of the molecule is Cc1c(N2C(=O)/C(=C3/C(=O)N(CC(N)=O)c4ccccc43)SC2=S)c(=O)n(-c2ccccc2)n1C. The van der Waals surface area contributed by atoms with Gasteiger partial charge in [0.1, 0.15) is 12.2 Å². The van der Waals surface area contributed by atoms with E-state index in [1.54, 1.807) is 55.1 Å². The van der Waals surface area contributed by atoms with E-state index >= 15 is 0 Å². The van der Waals surface area contributed by atoms with Gasteiger partial charge in [0.2, 0.25) is 5.91 Å². The van der Waals surface area contributed by atoms with Crippen molar-refractivity contribution in [2.75, 3.05) is 16.3 Å². The first-order chi connectivity index (χ1) is 16.7. The Morgan fingerprint density at radius 3 is 2.34 bits per heavy atom. The molecule has 9 nitrogen and oxygen atoms in total. The van der Waals surface area contributed by atoms with E-state index in [2.05, 4.69) is 0 Å². The summed E-state index contributed by atoms with van der Waals surface area (Å²) in [6, 6.07) is 15.9. The van der Waals surface area contributed by atoms with E-state index in [1.807, 2.05) is 18.2 Å². The predicted octanol–water partition coefficient (Wildman–Crippen LogP) is 2.09. The highest BCUT2D eigenvalue weighted by molar-refractivity contribution is 8.27. The van der Waals surface area contributed by atoms with Crippen LogP contribution in [-0.2, 0) is 21.4 Å². The molecule has 2 N–H and O–H groups in total. The molecule has 0 atom stereocenters. The number of hydrogen-bond acceptors (Lipinski definition) is 6. The molecule has 35 heavy (non-hydrogen) atoms. The molecule has 0 aliphatic carbocycles. The summed E-state index contributed by atoms with van der Waals surface area (Å²) in [6.45, 7) is 1.41. The molecule has 3 heterocycles. The second-order valence-electron chi connectivity index (χ2n) is 8.00. The number of nitrogens with two attached hydrogens (primary N) is 1. The topological polar surface area (TPSA) is 111 Å². The number of rotatable bonds is 4. The van der Waals surface area contributed by atoms with Crippen LogP contribution in [0, 0.1) is 6.92 Å². The zero-order chi connectivity index (χ0) is 25.0. The number of aromatic nitrogens is 2. The molecule has 1 saturated heterocycles. The van der Waals surface area contributed by atoms with Crippen molar-refractivity contribution < 1.29 is 14.4 Å². The first-order valence-electron chi connectivity index (χ1n) is 10.6. The van der Waals surface area contributed by atoms with Crippen molar-refractivity contribution in [2.45, 2.75) is 6.92 Å². The highest BCUT2D eigenvalue weighted by Crippen LogP contribution is 2.45. The third-order valence-corrected chi connectivity index (χ3v) is 7.35. The molecule has 176 valence electrons. The molecule has 2 aliphatic rings. The number of anilines is 2. The molecule has 0 radical (unpaired) electrons. The molecular weight excluding hydrogens is 486 g/mol. The Morgan fingerprint density at radius 2 is 1.66 bits per heavy atom. The minimum absolute atomic E-state index is 0.105. The van der Waals surface area contributed by atoms with Gasteiger partial charge in [-0.3, -0.25) is 33.7 Å². The fraction of sp³-hybridized carbons (Fsp3) is 0.125. The molecular formula is C24H19N5O4S2. The number of primary amides is 1. The lowest BCUT2D eigenvalue weighted by atomic mass is 10.1. The molecule has 2 aromatic carbocycles. The van der Waals surface area contributed by atoms with Crippen LogP contribution in [-0.4, -0.2) is 38.0 Å². The van der Waals surface area contributed by atoms with Gasteiger partial charge in [-0.05, 0) is 25.1 Å². The van der Waals surface area contributed by atoms with Crippen molar-refractivity contribution in [1.82, 2.24) is 9.36 Å². The normalized spacial score (nSPS) is 17.5. The molecule has 0 spiro atoms. The molecule has 5 rings (SSSR count). The first-order valence-corrected chi connectivity index (χ1v) is 11.8. The molecule has 0 unspecified atom stereocenters. The summed E-state index contributed by atoms with van der Waals surface area (Å²) >= 11 is 6.47. The lowest BCUT2D eigenvalue weighted by molar-refractivity contribution is -0.119. The maximum Gasteiger partial charge on any atom is 0.296 e. The van der Waals surface area contributed by atoms with E-state index in [1.165, 1.54) is 14.5 Å². The van der Waals surface area contributed by atoms with Gasteiger partial charge in [0.25, 0.3) is 17.4 Å². The fourth-order valence-electron chi connectivity index (χ4n) is 4.34. The molecule has 1 aromatic heterocycles. The molecule has 0 bridgehead atoms. The molecule has 3 aromatic rings. The lowest BCUT2D eigenvalue weighted by Gasteiger charge is -2.14. The fourth-order valence-corrected chi connectivity index (χ4v) is 5.68. The van der Waals surface area contributed by atoms with Gasteiger partial charge in [-0.25, -0.2) is 4.68 Å². The van der Waals surface area contributed by atoms with Gasteiger partial charge in [0, 0.05) is 12.6 Å². The smallest absolute Gasteiger partial charge is 0.296 e. The van der Waals surface area contributed by atoms with Crippen LogP contribution in [0.15, 0.2) is 64.3 Å². The third kappa shape index (κ3) is 3.43. The van der Waals surface area contributed by atoms with Crippen LogP contribution in [0.4, 0.5) is 11.4 Å². The van der Waals surface area contributed by atoms with Gasteiger partial charge in [-0.2, -0.15) is 0 Å². The largest absolute Gasteiger partial charge is 0.368 e. The van der Waals surface area contributed by atoms with Crippen molar-refractivity contribution in [3.8, 4) is 5.69 Å². The van der Waals surface area contributed by atoms with Crippen molar-refractivity contribution >= 4 is 63.0 Å². The number of thiocarbonyl (C=S) groups is 1. The number of amides is 3. The Labute approximate surface area is 209 Å². The number of carbonyl (C=O) groups is 3. The number of benzene rings is 2. The number of para-hydroxylation sites is 2. The zero-order valence-corrected chi connectivity index (χ0v) is 20.4. The van der Waals surface area contributed by atoms with Gasteiger partial charge in [-0.15, -0.1) is 0 Å². The monoisotopic (exact) mass is 505 g/mol. The van der Waals surface area contributed by atoms with Crippen LogP contribution in [0.1, 0.15) is 11.3 Å². The van der Waals surface area contributed by atoms with Crippen molar-refractivity contribution in [2.24, 2.45) is 12.8 Å². The minimum atomic E-state index is -0.677. The van der Waals surface area contributed by atoms with Crippen molar-refractivity contribution in [3.63, 3.8) is 0 Å². The van der Waals surface area contributed by atoms with Gasteiger partial charge in [0.05, 0.1) is 27.5 Å². The van der Waals surface area contributed by atoms with Crippen LogP contribution >= 0.6 is 24.0 Å². The van der Waals surface area contributed by atoms with Gasteiger partial charge in [-0.1, -0.05) is 60.4 Å². The van der Waals surface area contributed by atoms with E-state index < -0.39 is 23.3 Å². The Hall–Kier alpha value is -3.96. The van der Waals surface area contributed by atoms with Crippen LogP contribution in [0.3, 0.4) is 0 Å². The summed E-state index contributed by atoms with van der Waals surface area (Å²) in [5.74, 6) is -1.76. The van der Waals surface area contributed by atoms with Gasteiger partial charge < -0.3 is 5.73 Å². The van der Waals surface area contributed by atoms with Gasteiger partial charge >= 0.3 is 0 Å². The summed E-state index contributed by atoms with van der Waals surface area (Å²) < 4.78 is 3.26. The summed E-state index contributed by atoms with van der Waals surface area (Å²) in [7, 11) is 1.72. The number of nitrogens with zero attached hydrogens (tertiary/aromatic N) is 4. The third-order valence-electron chi connectivity index (χ3n) is 5.98. The number of hydrogen-bond donors (Lipinski definition) is 1. The van der Waals surface area contributed by atoms with Gasteiger partial charge in [0.15, 0.2) is 4.32 Å². The number of thioether (sulfide) groups is 1. The summed E-state index contributed by atoms with van der Waals surface area (Å²) in [5, 5.41) is 0. The number of carbonyl (C=O) groups excluding carboxylic acids is 3. The quantitative estimate of drug-likeness (QED) is 0.430. The Kier molecular flexibility index (Phi) is 5.45. The van der Waals surface area contributed by atoms with Crippen LogP contribution in [0.2, 0.25) is 0 Å². The van der Waals surface area contributed by atoms with E-state index in [4.69, 9.17) is 18.0 Å². The molecule has 11 heteroatoms. The maximum atomic E-state index is 13.7. The number of fused-ring (bicyclic) bond motifs is 1. The van der Waals surface area contributed by atoms with Crippen molar-refractivity contribution in [1.29, 1.82) is 0 Å². The van der Waals surface area contributed by atoms with Crippen molar-refractivity contribution in [3.05, 3.63) is 81.1 Å². The van der Waals surface area contributed by atoms with Crippen LogP contribution in [0.5, 0.6) is 0 Å². The summed E-state index contributed by atoms with van der Waals surface area (Å²) in [6.07, 6.45) is 0. The lowest BCUT2D eigenvalue weighted by Crippen LogP contribution is -2.36. The highest BCUT2D eigenvalue weighted by atomic mass is 32.2. The predicted molar refractivity (Wildman–Crippen MR) is 138 cm³/mol. The van der Waals surface area contributed by atoms with Crippen LogP contribution in [0.25, 0.3) is 11.3 Å². The minimum Gasteiger partial charge on any atom is -0.368 e. The summed E-state index contributed by atoms with van der Waals surface area (Å²) in [4.78, 5) is 54.6. The Bertz CT molecular complexity index is 1540. The van der Waals surface area contributed by atoms with E-state index in [-0.39, 0.29) is 27.0 Å². The highest BCUT2D eigenvalue weighted by Gasteiger charge is 2.44. The average molecular weight is 506 g/mol. The van der Waals surface area contributed by atoms with E-state index in [9.17, 15) is 19.2 Å². The Balaban J connectivity index is 1.65. The maximum absolute atomic E-state index is 13.7. The molecule has 3 amide bonds. The molecule has 0 saturated carbocycles. The zero-order valence-electron chi connectivity index (χ0n) is 18.7. The summed E-state index contributed by atoms with van der Waals surface area (Å²) in [5.41, 5.74) is 7.37. The molecule has 2 aliphatic heterocycles. The molecule has 1 fully saturated rings. The Morgan fingerprint density at radius 1 is 1.00 bits per heavy atom. The van der Waals surface area contributed by atoms with Crippen LogP contribution < -0.4 is 21.1 Å². The second-order valence-corrected chi connectivity index (χ2v) is 9.64. The first kappa shape index (κ1) is 22.8. The second kappa shape index (κ2) is 8.36. The average Bonchev–Trinajstić information content (AvgIpc) is 3.35. The standard InChI is InChI=1S/C24H19N5O4S2/c1-13-19(22(32)29(26(13)2)14-8-4-3-5-9-14)28-23(33)20(35-24(28)34)18-15-10-6-7-11-16(15)27(21(18)31)12-17(25)30/h3-11H,12H2,1-2H3,(H2,25,30)/b20-18-. The van der Waals surface area contributed by atoms with E-state index in [0.717, 1.165) is 11.8 Å².